The minimum Gasteiger partial charge on any atom is -0.305 e. The highest BCUT2D eigenvalue weighted by Crippen LogP contribution is 2.23. The molecular weight excluding hydrogens is 276 g/mol. The third-order valence-electron chi connectivity index (χ3n) is 2.95. The number of nitrogens with one attached hydrogen (secondary N) is 1. The van der Waals surface area contributed by atoms with Gasteiger partial charge in [0.25, 0.3) is 0 Å². The van der Waals surface area contributed by atoms with Crippen LogP contribution >= 0.6 is 11.6 Å². The average molecular weight is 289 g/mol. The lowest BCUT2D eigenvalue weighted by Crippen LogP contribution is -2.15. The summed E-state index contributed by atoms with van der Waals surface area (Å²) in [7, 11) is 0. The van der Waals surface area contributed by atoms with Crippen LogP contribution in [0.1, 0.15) is 11.4 Å². The van der Waals surface area contributed by atoms with E-state index in [1.807, 2.05) is 26.0 Å². The molecule has 6 nitrogen and oxygen atoms in total. The van der Waals surface area contributed by atoms with Gasteiger partial charge in [-0.05, 0) is 38.1 Å². The zero-order chi connectivity index (χ0) is 14.3. The zero-order valence-electron chi connectivity index (χ0n) is 11.1. The molecule has 0 aliphatic heterocycles. The van der Waals surface area contributed by atoms with E-state index >= 15 is 0 Å². The highest BCUT2D eigenvalue weighted by atomic mass is 35.5. The summed E-state index contributed by atoms with van der Waals surface area (Å²) in [6.07, 6.45) is 0. The fourth-order valence-corrected chi connectivity index (χ4v) is 2.27. The van der Waals surface area contributed by atoms with Gasteiger partial charge >= 0.3 is 0 Å². The van der Waals surface area contributed by atoms with E-state index in [9.17, 15) is 0 Å². The van der Waals surface area contributed by atoms with Crippen LogP contribution in [0.4, 0.5) is 5.82 Å². The molecule has 3 rings (SSSR count). The first-order valence-corrected chi connectivity index (χ1v) is 6.44. The van der Waals surface area contributed by atoms with Crippen LogP contribution in [-0.4, -0.2) is 19.7 Å². The van der Waals surface area contributed by atoms with Gasteiger partial charge in [0.2, 0.25) is 0 Å². The number of nitrogens with zero attached hydrogens (tertiary/aromatic N) is 4. The van der Waals surface area contributed by atoms with E-state index in [2.05, 4.69) is 20.5 Å². The normalized spacial score (nSPS) is 11.0. The van der Waals surface area contributed by atoms with Crippen molar-refractivity contribution in [3.8, 4) is 5.82 Å². The molecule has 0 aliphatic carbocycles. The summed E-state index contributed by atoms with van der Waals surface area (Å²) >= 11 is 5.96. The monoisotopic (exact) mass is 288 g/mol. The molecule has 2 aromatic heterocycles. The number of halogens is 1. The molecule has 0 saturated carbocycles. The highest BCUT2D eigenvalue weighted by Gasteiger charge is 2.13. The van der Waals surface area contributed by atoms with Crippen LogP contribution in [0.3, 0.4) is 0 Å². The number of nitrogen functional groups attached to an aromatic ring is 1. The summed E-state index contributed by atoms with van der Waals surface area (Å²) in [6.45, 7) is 3.88. The maximum atomic E-state index is 5.96. The minimum absolute atomic E-state index is 0.450. The number of nitrogens with two attached hydrogens (primary N) is 1. The van der Waals surface area contributed by atoms with Crippen LogP contribution in [0.2, 0.25) is 5.02 Å². The molecule has 0 aliphatic rings. The Bertz CT molecular complexity index is 795. The van der Waals surface area contributed by atoms with Gasteiger partial charge in [-0.2, -0.15) is 5.10 Å². The van der Waals surface area contributed by atoms with Crippen molar-refractivity contribution in [3.05, 3.63) is 40.7 Å². The second kappa shape index (κ2) is 4.73. The highest BCUT2D eigenvalue weighted by molar-refractivity contribution is 6.31. The number of hydrogen-bond donors (Lipinski definition) is 2. The summed E-state index contributed by atoms with van der Waals surface area (Å²) in [5, 5.41) is 5.01. The molecule has 0 saturated heterocycles. The predicted molar refractivity (Wildman–Crippen MR) is 79.0 cm³/mol. The van der Waals surface area contributed by atoms with Crippen molar-refractivity contribution in [2.45, 2.75) is 13.8 Å². The van der Waals surface area contributed by atoms with Crippen molar-refractivity contribution >= 4 is 28.5 Å². The largest absolute Gasteiger partial charge is 0.305 e. The van der Waals surface area contributed by atoms with Crippen LogP contribution in [0.15, 0.2) is 24.3 Å². The molecular formula is C13H13ClN6. The van der Waals surface area contributed by atoms with Crippen molar-refractivity contribution in [1.82, 2.24) is 19.7 Å². The number of anilines is 1. The Morgan fingerprint density at radius 1 is 1.15 bits per heavy atom. The summed E-state index contributed by atoms with van der Waals surface area (Å²) < 4.78 is 1.71. The Kier molecular flexibility index (Phi) is 3.04. The first kappa shape index (κ1) is 12.8. The van der Waals surface area contributed by atoms with E-state index in [1.165, 1.54) is 0 Å². The first-order valence-electron chi connectivity index (χ1n) is 6.06. The lowest BCUT2D eigenvalue weighted by Gasteiger charge is -2.10. The van der Waals surface area contributed by atoms with Crippen molar-refractivity contribution < 1.29 is 0 Å². The Hall–Kier alpha value is -2.18. The number of hydrazine groups is 1. The van der Waals surface area contributed by atoms with Crippen molar-refractivity contribution in [1.29, 1.82) is 0 Å². The van der Waals surface area contributed by atoms with Gasteiger partial charge in [0.15, 0.2) is 11.6 Å². The Labute approximate surface area is 120 Å². The molecule has 3 aromatic rings. The molecule has 20 heavy (non-hydrogen) atoms. The molecule has 1 aromatic carbocycles. The quantitative estimate of drug-likeness (QED) is 0.559. The Balaban J connectivity index is 2.29. The molecule has 3 N–H and O–H groups in total. The Morgan fingerprint density at radius 2 is 1.95 bits per heavy atom. The number of aryl methyl sites for hydroxylation is 2. The maximum absolute atomic E-state index is 5.96. The third-order valence-corrected chi connectivity index (χ3v) is 3.19. The molecule has 0 radical (unpaired) electrons. The van der Waals surface area contributed by atoms with Crippen LogP contribution in [0, 0.1) is 13.8 Å². The second-order valence-electron chi connectivity index (χ2n) is 4.51. The van der Waals surface area contributed by atoms with Crippen LogP contribution in [0.25, 0.3) is 16.9 Å². The molecule has 102 valence electrons. The zero-order valence-corrected chi connectivity index (χ0v) is 11.8. The van der Waals surface area contributed by atoms with E-state index in [0.717, 1.165) is 16.9 Å². The number of hydrogen-bond acceptors (Lipinski definition) is 5. The van der Waals surface area contributed by atoms with Crippen LogP contribution in [0.5, 0.6) is 0 Å². The summed E-state index contributed by atoms with van der Waals surface area (Å²) in [5.74, 6) is 6.56. The van der Waals surface area contributed by atoms with Crippen molar-refractivity contribution in [2.24, 2.45) is 5.84 Å². The summed E-state index contributed by atoms with van der Waals surface area (Å²) in [6, 6.07) is 7.31. The van der Waals surface area contributed by atoms with Crippen molar-refractivity contribution in [2.75, 3.05) is 5.43 Å². The molecule has 0 fully saturated rings. The van der Waals surface area contributed by atoms with Gasteiger partial charge in [-0.25, -0.2) is 20.5 Å². The minimum atomic E-state index is 0.450. The van der Waals surface area contributed by atoms with E-state index < -0.39 is 0 Å². The molecule has 0 bridgehead atoms. The summed E-state index contributed by atoms with van der Waals surface area (Å²) in [4.78, 5) is 9.01. The SMILES string of the molecule is Cc1cc(C)n(-c2nc3ccc(Cl)cc3nc2NN)n1. The van der Waals surface area contributed by atoms with Gasteiger partial charge in [-0.3, -0.25) is 0 Å². The topological polar surface area (TPSA) is 81.7 Å². The van der Waals surface area contributed by atoms with Gasteiger partial charge in [0.1, 0.15) is 0 Å². The van der Waals surface area contributed by atoms with Gasteiger partial charge in [0.05, 0.1) is 16.7 Å². The van der Waals surface area contributed by atoms with Crippen molar-refractivity contribution in [3.63, 3.8) is 0 Å². The average Bonchev–Trinajstić information content (AvgIpc) is 2.76. The van der Waals surface area contributed by atoms with E-state index in [-0.39, 0.29) is 0 Å². The van der Waals surface area contributed by atoms with Gasteiger partial charge < -0.3 is 5.43 Å². The fourth-order valence-electron chi connectivity index (χ4n) is 2.11. The maximum Gasteiger partial charge on any atom is 0.198 e. The summed E-state index contributed by atoms with van der Waals surface area (Å²) in [5.41, 5.74) is 5.84. The molecule has 0 spiro atoms. The number of benzene rings is 1. The van der Waals surface area contributed by atoms with E-state index in [0.29, 0.717) is 22.2 Å². The van der Waals surface area contributed by atoms with E-state index in [1.54, 1.807) is 16.8 Å². The molecule has 7 heteroatoms. The number of rotatable bonds is 2. The molecule has 0 unspecified atom stereocenters. The van der Waals surface area contributed by atoms with Gasteiger partial charge in [-0.15, -0.1) is 0 Å². The van der Waals surface area contributed by atoms with Crippen LogP contribution in [-0.2, 0) is 0 Å². The molecule has 0 atom stereocenters. The third kappa shape index (κ3) is 2.09. The number of fused-ring (bicyclic) bond motifs is 1. The van der Waals surface area contributed by atoms with Gasteiger partial charge in [0, 0.05) is 10.7 Å². The lowest BCUT2D eigenvalue weighted by molar-refractivity contribution is 0.806. The standard InChI is InChI=1S/C13H13ClN6/c1-7-5-8(2)20(19-7)13-12(18-15)16-11-6-9(14)3-4-10(11)17-13/h3-6H,15H2,1-2H3,(H,16,18). The smallest absolute Gasteiger partial charge is 0.198 e. The lowest BCUT2D eigenvalue weighted by atomic mass is 10.3. The first-order chi connectivity index (χ1) is 9.58. The molecule has 0 amide bonds. The fraction of sp³-hybridized carbons (Fsp3) is 0.154. The predicted octanol–water partition coefficient (Wildman–Crippen LogP) is 2.37. The van der Waals surface area contributed by atoms with Gasteiger partial charge in [-0.1, -0.05) is 11.6 Å². The Morgan fingerprint density at radius 3 is 2.60 bits per heavy atom. The second-order valence-corrected chi connectivity index (χ2v) is 4.95. The number of aromatic nitrogens is 4. The van der Waals surface area contributed by atoms with Crippen LogP contribution < -0.4 is 11.3 Å². The molecule has 2 heterocycles. The van der Waals surface area contributed by atoms with E-state index in [4.69, 9.17) is 17.4 Å².